The van der Waals surface area contributed by atoms with Crippen LogP contribution in [-0.2, 0) is 0 Å². The minimum atomic E-state index is 0.656. The standard InChI is InChI=1S/C15H22/c1-9(2)14-10(3)8-11(4)15(12(14)5)13-6-7-13/h8-9,13H,6-7H2,1-5H3. The zero-order chi connectivity index (χ0) is 11.2. The number of hydrogen-bond acceptors (Lipinski definition) is 0. The number of aryl methyl sites for hydroxylation is 2. The van der Waals surface area contributed by atoms with Crippen LogP contribution in [-0.4, -0.2) is 0 Å². The minimum absolute atomic E-state index is 0.656. The molecule has 0 amide bonds. The van der Waals surface area contributed by atoms with E-state index in [1.165, 1.54) is 24.0 Å². The average Bonchev–Trinajstić information content (AvgIpc) is 2.85. The van der Waals surface area contributed by atoms with Crippen molar-refractivity contribution in [2.45, 2.75) is 59.3 Å². The molecule has 0 unspecified atom stereocenters. The highest BCUT2D eigenvalue weighted by Gasteiger charge is 2.28. The van der Waals surface area contributed by atoms with E-state index in [0.29, 0.717) is 5.92 Å². The molecule has 0 atom stereocenters. The summed E-state index contributed by atoms with van der Waals surface area (Å²) in [6, 6.07) is 2.38. The van der Waals surface area contributed by atoms with Crippen LogP contribution in [0, 0.1) is 20.8 Å². The third-order valence-corrected chi connectivity index (χ3v) is 3.65. The largest absolute Gasteiger partial charge is 0.0587 e. The molecule has 1 aromatic rings. The maximum Gasteiger partial charge on any atom is -0.0156 e. The van der Waals surface area contributed by atoms with Crippen LogP contribution in [0.3, 0.4) is 0 Å². The molecule has 0 heteroatoms. The molecule has 1 aliphatic carbocycles. The molecule has 0 spiro atoms. The van der Waals surface area contributed by atoms with Gasteiger partial charge in [0.25, 0.3) is 0 Å². The summed E-state index contributed by atoms with van der Waals surface area (Å²) in [5.41, 5.74) is 7.80. The molecule has 1 fully saturated rings. The second-order valence-corrected chi connectivity index (χ2v) is 5.39. The molecule has 1 aliphatic rings. The molecule has 15 heavy (non-hydrogen) atoms. The van der Waals surface area contributed by atoms with Gasteiger partial charge in [0, 0.05) is 0 Å². The molecule has 0 N–H and O–H groups in total. The van der Waals surface area contributed by atoms with Gasteiger partial charge in [-0.25, -0.2) is 0 Å². The van der Waals surface area contributed by atoms with Crippen molar-refractivity contribution in [3.05, 3.63) is 33.9 Å². The maximum absolute atomic E-state index is 2.38. The summed E-state index contributed by atoms with van der Waals surface area (Å²) >= 11 is 0. The van der Waals surface area contributed by atoms with Crippen molar-refractivity contribution < 1.29 is 0 Å². The van der Waals surface area contributed by atoms with Crippen LogP contribution in [0.2, 0.25) is 0 Å². The number of benzene rings is 1. The fraction of sp³-hybridized carbons (Fsp3) is 0.600. The van der Waals surface area contributed by atoms with Crippen molar-refractivity contribution in [2.75, 3.05) is 0 Å². The maximum atomic E-state index is 2.38. The summed E-state index contributed by atoms with van der Waals surface area (Å²) in [5, 5.41) is 0. The Morgan fingerprint density at radius 1 is 1.07 bits per heavy atom. The van der Waals surface area contributed by atoms with Gasteiger partial charge < -0.3 is 0 Å². The van der Waals surface area contributed by atoms with E-state index in [-0.39, 0.29) is 0 Å². The van der Waals surface area contributed by atoms with E-state index in [4.69, 9.17) is 0 Å². The van der Waals surface area contributed by atoms with Crippen molar-refractivity contribution >= 4 is 0 Å². The minimum Gasteiger partial charge on any atom is -0.0587 e. The smallest absolute Gasteiger partial charge is 0.0156 e. The first kappa shape index (κ1) is 10.7. The highest BCUT2D eigenvalue weighted by Crippen LogP contribution is 2.45. The molecule has 0 bridgehead atoms. The molecule has 0 heterocycles. The second-order valence-electron chi connectivity index (χ2n) is 5.39. The Bertz CT molecular complexity index is 355. The van der Waals surface area contributed by atoms with Gasteiger partial charge in [0.2, 0.25) is 0 Å². The quantitative estimate of drug-likeness (QED) is 0.657. The van der Waals surface area contributed by atoms with Crippen LogP contribution in [0.15, 0.2) is 6.07 Å². The Hall–Kier alpha value is -0.780. The van der Waals surface area contributed by atoms with Crippen LogP contribution in [0.25, 0.3) is 0 Å². The lowest BCUT2D eigenvalue weighted by Gasteiger charge is -2.19. The monoisotopic (exact) mass is 202 g/mol. The molecule has 82 valence electrons. The lowest BCUT2D eigenvalue weighted by molar-refractivity contribution is 0.836. The Labute approximate surface area is 93.7 Å². The first-order valence-electron chi connectivity index (χ1n) is 6.13. The van der Waals surface area contributed by atoms with Gasteiger partial charge in [0.1, 0.15) is 0 Å². The van der Waals surface area contributed by atoms with Crippen LogP contribution in [0.1, 0.15) is 66.3 Å². The summed E-state index contributed by atoms with van der Waals surface area (Å²) < 4.78 is 0. The Morgan fingerprint density at radius 2 is 1.67 bits per heavy atom. The molecule has 2 rings (SSSR count). The van der Waals surface area contributed by atoms with E-state index in [0.717, 1.165) is 5.92 Å². The van der Waals surface area contributed by atoms with Gasteiger partial charge >= 0.3 is 0 Å². The number of hydrogen-bond donors (Lipinski definition) is 0. The van der Waals surface area contributed by atoms with Crippen LogP contribution in [0.4, 0.5) is 0 Å². The normalized spacial score (nSPS) is 16.1. The van der Waals surface area contributed by atoms with Gasteiger partial charge in [0.15, 0.2) is 0 Å². The van der Waals surface area contributed by atoms with E-state index in [1.54, 1.807) is 16.7 Å². The van der Waals surface area contributed by atoms with Crippen LogP contribution in [0.5, 0.6) is 0 Å². The van der Waals surface area contributed by atoms with E-state index >= 15 is 0 Å². The van der Waals surface area contributed by atoms with E-state index in [9.17, 15) is 0 Å². The molecular weight excluding hydrogens is 180 g/mol. The predicted molar refractivity (Wildman–Crippen MR) is 66.7 cm³/mol. The molecular formula is C15H22. The molecule has 0 nitrogen and oxygen atoms in total. The summed E-state index contributed by atoms with van der Waals surface area (Å²) in [6.45, 7) is 11.5. The molecule has 1 saturated carbocycles. The fourth-order valence-corrected chi connectivity index (χ4v) is 3.11. The van der Waals surface area contributed by atoms with Gasteiger partial charge in [-0.05, 0) is 73.3 Å². The van der Waals surface area contributed by atoms with Crippen molar-refractivity contribution in [1.82, 2.24) is 0 Å². The highest BCUT2D eigenvalue weighted by molar-refractivity contribution is 5.48. The lowest BCUT2D eigenvalue weighted by atomic mass is 9.86. The van der Waals surface area contributed by atoms with Gasteiger partial charge in [-0.15, -0.1) is 0 Å². The van der Waals surface area contributed by atoms with E-state index < -0.39 is 0 Å². The Balaban J connectivity index is 2.60. The van der Waals surface area contributed by atoms with Crippen molar-refractivity contribution in [3.8, 4) is 0 Å². The first-order chi connectivity index (χ1) is 7.02. The average molecular weight is 202 g/mol. The number of rotatable bonds is 2. The Kier molecular flexibility index (Phi) is 2.62. The second kappa shape index (κ2) is 3.66. The summed E-state index contributed by atoms with van der Waals surface area (Å²) in [7, 11) is 0. The molecule has 1 aromatic carbocycles. The zero-order valence-corrected chi connectivity index (χ0v) is 10.6. The van der Waals surface area contributed by atoms with Gasteiger partial charge in [-0.1, -0.05) is 19.9 Å². The SMILES string of the molecule is Cc1cc(C)c(C2CC2)c(C)c1C(C)C. The third kappa shape index (κ3) is 1.82. The van der Waals surface area contributed by atoms with Crippen molar-refractivity contribution in [1.29, 1.82) is 0 Å². The fourth-order valence-electron chi connectivity index (χ4n) is 3.11. The lowest BCUT2D eigenvalue weighted by Crippen LogP contribution is -2.02. The predicted octanol–water partition coefficient (Wildman–Crippen LogP) is 4.61. The van der Waals surface area contributed by atoms with Crippen molar-refractivity contribution in [3.63, 3.8) is 0 Å². The topological polar surface area (TPSA) is 0 Å². The van der Waals surface area contributed by atoms with Crippen LogP contribution >= 0.6 is 0 Å². The highest BCUT2D eigenvalue weighted by atomic mass is 14.3. The summed E-state index contributed by atoms with van der Waals surface area (Å²) in [4.78, 5) is 0. The molecule has 0 saturated heterocycles. The van der Waals surface area contributed by atoms with Gasteiger partial charge in [-0.3, -0.25) is 0 Å². The van der Waals surface area contributed by atoms with Crippen molar-refractivity contribution in [2.24, 2.45) is 0 Å². The van der Waals surface area contributed by atoms with Gasteiger partial charge in [-0.2, -0.15) is 0 Å². The Morgan fingerprint density at radius 3 is 2.13 bits per heavy atom. The van der Waals surface area contributed by atoms with Crippen LogP contribution < -0.4 is 0 Å². The zero-order valence-electron chi connectivity index (χ0n) is 10.6. The summed E-state index contributed by atoms with van der Waals surface area (Å²) in [5.74, 6) is 1.53. The molecule has 0 aromatic heterocycles. The molecule has 0 radical (unpaired) electrons. The third-order valence-electron chi connectivity index (χ3n) is 3.65. The van der Waals surface area contributed by atoms with E-state index in [2.05, 4.69) is 40.7 Å². The van der Waals surface area contributed by atoms with E-state index in [1.807, 2.05) is 0 Å². The van der Waals surface area contributed by atoms with Gasteiger partial charge in [0.05, 0.1) is 0 Å². The molecule has 0 aliphatic heterocycles. The first-order valence-corrected chi connectivity index (χ1v) is 6.13. The summed E-state index contributed by atoms with van der Waals surface area (Å²) in [6.07, 6.45) is 2.81.